The van der Waals surface area contributed by atoms with E-state index in [-0.39, 0.29) is 11.9 Å². The fourth-order valence-corrected chi connectivity index (χ4v) is 1.37. The van der Waals surface area contributed by atoms with Gasteiger partial charge in [-0.05, 0) is 31.5 Å². The Balaban J connectivity index is 2.66. The quantitative estimate of drug-likeness (QED) is 0.794. The number of hydrogen-bond donors (Lipinski definition) is 1. The van der Waals surface area contributed by atoms with Gasteiger partial charge in [-0.2, -0.15) is 0 Å². The SMILES string of the molecule is CCCOc1cccc(C(=O)NC(C)CCl)c1. The molecule has 0 aliphatic rings. The third kappa shape index (κ3) is 4.65. The summed E-state index contributed by atoms with van der Waals surface area (Å²) in [6, 6.07) is 7.12. The van der Waals surface area contributed by atoms with E-state index in [4.69, 9.17) is 16.3 Å². The van der Waals surface area contributed by atoms with Crippen molar-refractivity contribution in [3.63, 3.8) is 0 Å². The van der Waals surface area contributed by atoms with Crippen LogP contribution >= 0.6 is 11.6 Å². The van der Waals surface area contributed by atoms with Crippen molar-refractivity contribution in [2.24, 2.45) is 0 Å². The lowest BCUT2D eigenvalue weighted by atomic mass is 10.2. The normalized spacial score (nSPS) is 11.9. The van der Waals surface area contributed by atoms with E-state index >= 15 is 0 Å². The van der Waals surface area contributed by atoms with Crippen LogP contribution in [0.15, 0.2) is 24.3 Å². The Morgan fingerprint density at radius 1 is 1.53 bits per heavy atom. The van der Waals surface area contributed by atoms with Crippen molar-refractivity contribution in [3.05, 3.63) is 29.8 Å². The van der Waals surface area contributed by atoms with Gasteiger partial charge in [0.2, 0.25) is 0 Å². The molecule has 3 nitrogen and oxygen atoms in total. The Bertz CT molecular complexity index is 368. The highest BCUT2D eigenvalue weighted by Crippen LogP contribution is 2.13. The predicted molar refractivity (Wildman–Crippen MR) is 69.9 cm³/mol. The summed E-state index contributed by atoms with van der Waals surface area (Å²) in [4.78, 5) is 11.8. The first-order chi connectivity index (χ1) is 8.17. The molecule has 0 heterocycles. The summed E-state index contributed by atoms with van der Waals surface area (Å²) in [6.07, 6.45) is 0.944. The van der Waals surface area contributed by atoms with Gasteiger partial charge in [0, 0.05) is 17.5 Å². The van der Waals surface area contributed by atoms with E-state index in [1.54, 1.807) is 12.1 Å². The van der Waals surface area contributed by atoms with Crippen LogP contribution in [0, 0.1) is 0 Å². The Kier molecular flexibility index (Phi) is 5.84. The number of rotatable bonds is 6. The molecule has 0 aliphatic heterocycles. The lowest BCUT2D eigenvalue weighted by Gasteiger charge is -2.11. The van der Waals surface area contributed by atoms with Gasteiger partial charge >= 0.3 is 0 Å². The molecular formula is C13H18ClNO2. The van der Waals surface area contributed by atoms with Gasteiger partial charge in [-0.25, -0.2) is 0 Å². The highest BCUT2D eigenvalue weighted by Gasteiger charge is 2.09. The molecule has 0 radical (unpaired) electrons. The second-order valence-electron chi connectivity index (χ2n) is 3.91. The van der Waals surface area contributed by atoms with Crippen molar-refractivity contribution in [3.8, 4) is 5.75 Å². The lowest BCUT2D eigenvalue weighted by molar-refractivity contribution is 0.0943. The summed E-state index contributed by atoms with van der Waals surface area (Å²) in [5.41, 5.74) is 0.593. The summed E-state index contributed by atoms with van der Waals surface area (Å²) < 4.78 is 5.47. The van der Waals surface area contributed by atoms with E-state index in [1.165, 1.54) is 0 Å². The zero-order chi connectivity index (χ0) is 12.7. The topological polar surface area (TPSA) is 38.3 Å². The van der Waals surface area contributed by atoms with Gasteiger partial charge in [-0.3, -0.25) is 4.79 Å². The third-order valence-corrected chi connectivity index (χ3v) is 2.64. The molecular weight excluding hydrogens is 238 g/mol. The molecule has 0 spiro atoms. The van der Waals surface area contributed by atoms with Crippen molar-refractivity contribution in [1.29, 1.82) is 0 Å². The van der Waals surface area contributed by atoms with Crippen LogP contribution in [0.2, 0.25) is 0 Å². The first-order valence-corrected chi connectivity index (χ1v) is 6.30. The molecule has 0 saturated carbocycles. The Labute approximate surface area is 107 Å². The maximum atomic E-state index is 11.8. The van der Waals surface area contributed by atoms with E-state index in [9.17, 15) is 4.79 Å². The Morgan fingerprint density at radius 3 is 2.94 bits per heavy atom. The molecule has 0 aromatic heterocycles. The lowest BCUT2D eigenvalue weighted by Crippen LogP contribution is -2.33. The van der Waals surface area contributed by atoms with Crippen molar-refractivity contribution in [1.82, 2.24) is 5.32 Å². The molecule has 1 unspecified atom stereocenters. The first kappa shape index (κ1) is 13.8. The van der Waals surface area contributed by atoms with Crippen molar-refractivity contribution in [2.75, 3.05) is 12.5 Å². The number of alkyl halides is 1. The Hall–Kier alpha value is -1.22. The zero-order valence-electron chi connectivity index (χ0n) is 10.2. The monoisotopic (exact) mass is 255 g/mol. The number of hydrogen-bond acceptors (Lipinski definition) is 2. The van der Waals surface area contributed by atoms with Crippen LogP contribution in [0.1, 0.15) is 30.6 Å². The van der Waals surface area contributed by atoms with Crippen molar-refractivity contribution < 1.29 is 9.53 Å². The smallest absolute Gasteiger partial charge is 0.251 e. The third-order valence-electron chi connectivity index (χ3n) is 2.18. The molecule has 94 valence electrons. The molecule has 1 N–H and O–H groups in total. The van der Waals surface area contributed by atoms with E-state index in [2.05, 4.69) is 5.32 Å². The van der Waals surface area contributed by atoms with Gasteiger partial charge in [0.05, 0.1) is 6.61 Å². The molecule has 1 atom stereocenters. The fraction of sp³-hybridized carbons (Fsp3) is 0.462. The first-order valence-electron chi connectivity index (χ1n) is 5.77. The molecule has 1 aromatic carbocycles. The van der Waals surface area contributed by atoms with Crippen LogP contribution in [-0.2, 0) is 0 Å². The zero-order valence-corrected chi connectivity index (χ0v) is 11.0. The average Bonchev–Trinajstić information content (AvgIpc) is 2.36. The molecule has 0 fully saturated rings. The molecule has 4 heteroatoms. The number of carbonyl (C=O) groups is 1. The minimum atomic E-state index is -0.125. The van der Waals surface area contributed by atoms with Crippen LogP contribution in [-0.4, -0.2) is 24.4 Å². The largest absolute Gasteiger partial charge is 0.494 e. The summed E-state index contributed by atoms with van der Waals surface area (Å²) in [7, 11) is 0. The van der Waals surface area contributed by atoms with Crippen LogP contribution in [0.3, 0.4) is 0 Å². The van der Waals surface area contributed by atoms with Crippen molar-refractivity contribution in [2.45, 2.75) is 26.3 Å². The van der Waals surface area contributed by atoms with Gasteiger partial charge in [-0.1, -0.05) is 13.0 Å². The maximum Gasteiger partial charge on any atom is 0.251 e. The van der Waals surface area contributed by atoms with Gasteiger partial charge < -0.3 is 10.1 Å². The number of nitrogens with one attached hydrogen (secondary N) is 1. The molecule has 1 rings (SSSR count). The summed E-state index contributed by atoms with van der Waals surface area (Å²) >= 11 is 5.64. The van der Waals surface area contributed by atoms with Crippen molar-refractivity contribution >= 4 is 17.5 Å². The van der Waals surface area contributed by atoms with E-state index in [1.807, 2.05) is 26.0 Å². The second-order valence-corrected chi connectivity index (χ2v) is 4.21. The van der Waals surface area contributed by atoms with Gasteiger partial charge in [0.25, 0.3) is 5.91 Å². The minimum absolute atomic E-state index is 0.0376. The van der Waals surface area contributed by atoms with Gasteiger partial charge in [-0.15, -0.1) is 11.6 Å². The van der Waals surface area contributed by atoms with Gasteiger partial charge in [0.15, 0.2) is 0 Å². The molecule has 0 aliphatic carbocycles. The van der Waals surface area contributed by atoms with E-state index < -0.39 is 0 Å². The second kappa shape index (κ2) is 7.17. The van der Waals surface area contributed by atoms with Crippen LogP contribution in [0.25, 0.3) is 0 Å². The van der Waals surface area contributed by atoms with E-state index in [0.29, 0.717) is 18.1 Å². The fourth-order valence-electron chi connectivity index (χ4n) is 1.29. The summed E-state index contributed by atoms with van der Waals surface area (Å²) in [6.45, 7) is 4.56. The number of amides is 1. The number of benzene rings is 1. The van der Waals surface area contributed by atoms with Crippen LogP contribution in [0.5, 0.6) is 5.75 Å². The molecule has 1 amide bonds. The maximum absolute atomic E-state index is 11.8. The predicted octanol–water partition coefficient (Wildman–Crippen LogP) is 2.83. The number of halogens is 1. The molecule has 0 bridgehead atoms. The molecule has 17 heavy (non-hydrogen) atoms. The van der Waals surface area contributed by atoms with E-state index in [0.717, 1.165) is 12.2 Å². The highest BCUT2D eigenvalue weighted by molar-refractivity contribution is 6.18. The average molecular weight is 256 g/mol. The standard InChI is InChI=1S/C13H18ClNO2/c1-3-7-17-12-6-4-5-11(8-12)13(16)15-10(2)9-14/h4-6,8,10H,3,7,9H2,1-2H3,(H,15,16). The Morgan fingerprint density at radius 2 is 2.29 bits per heavy atom. The molecule has 1 aromatic rings. The highest BCUT2D eigenvalue weighted by atomic mass is 35.5. The number of carbonyl (C=O) groups excluding carboxylic acids is 1. The van der Waals surface area contributed by atoms with Crippen LogP contribution < -0.4 is 10.1 Å². The summed E-state index contributed by atoms with van der Waals surface area (Å²) in [5.74, 6) is 0.996. The minimum Gasteiger partial charge on any atom is -0.494 e. The van der Waals surface area contributed by atoms with Gasteiger partial charge in [0.1, 0.15) is 5.75 Å². The molecule has 0 saturated heterocycles. The summed E-state index contributed by atoms with van der Waals surface area (Å²) in [5, 5.41) is 2.80. The number of ether oxygens (including phenoxy) is 1. The van der Waals surface area contributed by atoms with Crippen LogP contribution in [0.4, 0.5) is 0 Å².